The third-order valence-corrected chi connectivity index (χ3v) is 3.90. The summed E-state index contributed by atoms with van der Waals surface area (Å²) in [6.45, 7) is -2.91. The van der Waals surface area contributed by atoms with Gasteiger partial charge in [0.25, 0.3) is 5.91 Å². The molecule has 29 heavy (non-hydrogen) atoms. The Morgan fingerprint density at radius 3 is 2.31 bits per heavy atom. The second kappa shape index (κ2) is 10.3. The molecule has 0 saturated carbocycles. The quantitative estimate of drug-likeness (QED) is 0.593. The number of nitrogens with zero attached hydrogens (tertiary/aromatic N) is 1. The van der Waals surface area contributed by atoms with Crippen molar-refractivity contribution in [3.05, 3.63) is 53.6 Å². The van der Waals surface area contributed by atoms with Crippen LogP contribution in [-0.2, 0) is 16.1 Å². The molecule has 156 valence electrons. The van der Waals surface area contributed by atoms with Gasteiger partial charge in [-0.2, -0.15) is 8.78 Å². The van der Waals surface area contributed by atoms with E-state index in [1.807, 2.05) is 0 Å². The Bertz CT molecular complexity index is 841. The molecule has 0 aliphatic rings. The highest BCUT2D eigenvalue weighted by Gasteiger charge is 2.16. The lowest BCUT2D eigenvalue weighted by molar-refractivity contribution is -0.142. The van der Waals surface area contributed by atoms with Crippen LogP contribution in [0.4, 0.5) is 8.78 Å². The molecule has 0 bridgehead atoms. The van der Waals surface area contributed by atoms with Crippen LogP contribution in [0.5, 0.6) is 17.2 Å². The van der Waals surface area contributed by atoms with Gasteiger partial charge in [0.15, 0.2) is 18.1 Å². The Hall–Kier alpha value is -3.36. The number of benzene rings is 2. The van der Waals surface area contributed by atoms with Crippen molar-refractivity contribution < 1.29 is 37.3 Å². The van der Waals surface area contributed by atoms with Gasteiger partial charge in [-0.3, -0.25) is 4.79 Å². The number of halogens is 2. The first-order valence-corrected chi connectivity index (χ1v) is 8.51. The summed E-state index contributed by atoms with van der Waals surface area (Å²) in [5.74, 6) is -0.189. The van der Waals surface area contributed by atoms with Crippen molar-refractivity contribution >= 4 is 11.9 Å². The summed E-state index contributed by atoms with van der Waals surface area (Å²) in [6.07, 6.45) is 0. The van der Waals surface area contributed by atoms with Crippen LogP contribution in [0, 0.1) is 0 Å². The average Bonchev–Trinajstić information content (AvgIpc) is 2.72. The number of hydrogen-bond acceptors (Lipinski definition) is 6. The van der Waals surface area contributed by atoms with E-state index in [4.69, 9.17) is 9.47 Å². The van der Waals surface area contributed by atoms with Crippen molar-refractivity contribution in [2.75, 3.05) is 27.9 Å². The Labute approximate surface area is 166 Å². The highest BCUT2D eigenvalue weighted by Crippen LogP contribution is 2.28. The zero-order chi connectivity index (χ0) is 21.4. The fourth-order valence-corrected chi connectivity index (χ4v) is 2.46. The standard InChI is InChI=1S/C20H21F2NO6/c1-23(11-13-4-7-15(8-5-13)29-20(21)22)19(25)14-6-9-16(17(10-14)26-2)28-12-18(24)27-3/h4-10,20H,11-12H2,1-3H3. The van der Waals surface area contributed by atoms with E-state index in [0.717, 1.165) is 5.56 Å². The van der Waals surface area contributed by atoms with Gasteiger partial charge >= 0.3 is 12.6 Å². The minimum absolute atomic E-state index is 0.0463. The summed E-state index contributed by atoms with van der Waals surface area (Å²) in [7, 11) is 4.28. The summed E-state index contributed by atoms with van der Waals surface area (Å²) >= 11 is 0. The van der Waals surface area contributed by atoms with Gasteiger partial charge in [0, 0.05) is 19.2 Å². The second-order valence-electron chi connectivity index (χ2n) is 5.91. The minimum Gasteiger partial charge on any atom is -0.493 e. The first-order valence-electron chi connectivity index (χ1n) is 8.51. The number of rotatable bonds is 9. The van der Waals surface area contributed by atoms with E-state index in [2.05, 4.69) is 9.47 Å². The molecule has 2 aromatic rings. The highest BCUT2D eigenvalue weighted by atomic mass is 19.3. The number of hydrogen-bond donors (Lipinski definition) is 0. The Balaban J connectivity index is 2.05. The van der Waals surface area contributed by atoms with Crippen LogP contribution in [0.1, 0.15) is 15.9 Å². The fourth-order valence-electron chi connectivity index (χ4n) is 2.46. The number of carbonyl (C=O) groups is 2. The van der Waals surface area contributed by atoms with Gasteiger partial charge in [-0.15, -0.1) is 0 Å². The van der Waals surface area contributed by atoms with Crippen molar-refractivity contribution in [2.45, 2.75) is 13.2 Å². The Morgan fingerprint density at radius 2 is 1.72 bits per heavy atom. The number of alkyl halides is 2. The van der Waals surface area contributed by atoms with E-state index in [-0.39, 0.29) is 24.8 Å². The fraction of sp³-hybridized carbons (Fsp3) is 0.300. The van der Waals surface area contributed by atoms with E-state index < -0.39 is 12.6 Å². The molecule has 0 aromatic heterocycles. The monoisotopic (exact) mass is 409 g/mol. The highest BCUT2D eigenvalue weighted by molar-refractivity contribution is 5.94. The van der Waals surface area contributed by atoms with Gasteiger partial charge in [0.05, 0.1) is 14.2 Å². The summed E-state index contributed by atoms with van der Waals surface area (Å²) in [5.41, 5.74) is 1.10. The molecular weight excluding hydrogens is 388 g/mol. The SMILES string of the molecule is COC(=O)COc1ccc(C(=O)N(C)Cc2ccc(OC(F)F)cc2)cc1OC. The lowest BCUT2D eigenvalue weighted by atomic mass is 10.1. The van der Waals surface area contributed by atoms with Crippen LogP contribution in [0.3, 0.4) is 0 Å². The maximum Gasteiger partial charge on any atom is 0.387 e. The molecule has 1 amide bonds. The molecule has 0 radical (unpaired) electrons. The van der Waals surface area contributed by atoms with E-state index >= 15 is 0 Å². The first kappa shape index (κ1) is 21.9. The normalized spacial score (nSPS) is 10.4. The Kier molecular flexibility index (Phi) is 7.76. The molecule has 0 spiro atoms. The van der Waals surface area contributed by atoms with Crippen molar-refractivity contribution in [1.29, 1.82) is 0 Å². The number of carbonyl (C=O) groups excluding carboxylic acids is 2. The average molecular weight is 409 g/mol. The molecule has 0 aliphatic heterocycles. The summed E-state index contributed by atoms with van der Waals surface area (Å²) in [5, 5.41) is 0. The third kappa shape index (κ3) is 6.34. The molecule has 7 nitrogen and oxygen atoms in total. The van der Waals surface area contributed by atoms with E-state index in [0.29, 0.717) is 17.1 Å². The van der Waals surface area contributed by atoms with Gasteiger partial charge in [-0.05, 0) is 35.9 Å². The molecule has 0 N–H and O–H groups in total. The molecule has 0 unspecified atom stereocenters. The molecule has 2 rings (SSSR count). The van der Waals surface area contributed by atoms with Gasteiger partial charge in [-0.25, -0.2) is 4.79 Å². The minimum atomic E-state index is -2.89. The first-order chi connectivity index (χ1) is 13.8. The van der Waals surface area contributed by atoms with Crippen LogP contribution in [0.15, 0.2) is 42.5 Å². The van der Waals surface area contributed by atoms with Crippen LogP contribution in [-0.4, -0.2) is 51.3 Å². The topological polar surface area (TPSA) is 74.3 Å². The largest absolute Gasteiger partial charge is 0.493 e. The Morgan fingerprint density at radius 1 is 1.03 bits per heavy atom. The molecule has 9 heteroatoms. The molecule has 0 aliphatic carbocycles. The predicted molar refractivity (Wildman–Crippen MR) is 99.4 cm³/mol. The van der Waals surface area contributed by atoms with E-state index in [1.54, 1.807) is 25.2 Å². The van der Waals surface area contributed by atoms with Crippen LogP contribution < -0.4 is 14.2 Å². The molecule has 0 heterocycles. The maximum absolute atomic E-state index is 12.7. The van der Waals surface area contributed by atoms with Crippen molar-refractivity contribution in [1.82, 2.24) is 4.90 Å². The molecular formula is C20H21F2NO6. The van der Waals surface area contributed by atoms with Gasteiger partial charge < -0.3 is 23.8 Å². The van der Waals surface area contributed by atoms with Crippen LogP contribution >= 0.6 is 0 Å². The molecule has 2 aromatic carbocycles. The van der Waals surface area contributed by atoms with Gasteiger partial charge in [-0.1, -0.05) is 12.1 Å². The van der Waals surface area contributed by atoms with E-state index in [1.165, 1.54) is 43.4 Å². The summed E-state index contributed by atoms with van der Waals surface area (Å²) in [6, 6.07) is 10.6. The molecule has 0 fully saturated rings. The number of methoxy groups -OCH3 is 2. The van der Waals surface area contributed by atoms with Crippen molar-refractivity contribution in [3.8, 4) is 17.2 Å². The lowest BCUT2D eigenvalue weighted by Gasteiger charge is -2.18. The summed E-state index contributed by atoms with van der Waals surface area (Å²) < 4.78 is 43.8. The number of esters is 1. The zero-order valence-corrected chi connectivity index (χ0v) is 16.2. The third-order valence-electron chi connectivity index (χ3n) is 3.90. The molecule has 0 saturated heterocycles. The van der Waals surface area contributed by atoms with Gasteiger partial charge in [0.1, 0.15) is 5.75 Å². The smallest absolute Gasteiger partial charge is 0.387 e. The van der Waals surface area contributed by atoms with Crippen molar-refractivity contribution in [3.63, 3.8) is 0 Å². The van der Waals surface area contributed by atoms with Crippen LogP contribution in [0.25, 0.3) is 0 Å². The zero-order valence-electron chi connectivity index (χ0n) is 16.2. The number of ether oxygens (including phenoxy) is 4. The molecule has 0 atom stereocenters. The van der Waals surface area contributed by atoms with Gasteiger partial charge in [0.2, 0.25) is 0 Å². The lowest BCUT2D eigenvalue weighted by Crippen LogP contribution is -2.26. The summed E-state index contributed by atoms with van der Waals surface area (Å²) in [4.78, 5) is 25.4. The van der Waals surface area contributed by atoms with Crippen molar-refractivity contribution in [2.24, 2.45) is 0 Å². The van der Waals surface area contributed by atoms with E-state index in [9.17, 15) is 18.4 Å². The predicted octanol–water partition coefficient (Wildman–Crippen LogP) is 3.12. The van der Waals surface area contributed by atoms with Crippen LogP contribution in [0.2, 0.25) is 0 Å². The second-order valence-corrected chi connectivity index (χ2v) is 5.91. The maximum atomic E-state index is 12.7. The number of amides is 1.